The second-order valence-corrected chi connectivity index (χ2v) is 23.5. The molecule has 6 aromatic carbocycles. The zero-order chi connectivity index (χ0) is 33.9. The van der Waals surface area contributed by atoms with Gasteiger partial charge in [0.15, 0.2) is 26.1 Å². The highest BCUT2D eigenvalue weighted by atomic mass is 32.3. The van der Waals surface area contributed by atoms with Crippen molar-refractivity contribution in [2.24, 2.45) is 0 Å². The highest BCUT2D eigenvalue weighted by Gasteiger charge is 2.85. The lowest BCUT2D eigenvalue weighted by Crippen LogP contribution is -2.55. The van der Waals surface area contributed by atoms with E-state index in [4.69, 9.17) is 0 Å². The second-order valence-electron chi connectivity index (χ2n) is 11.9. The molecule has 0 spiro atoms. The number of allylic oxidation sites excluding steroid dienone is 1. The molecular weight excluding hydrogens is 675 g/mol. The minimum Gasteiger partial charge on any atom is -0.294 e. The quantitative estimate of drug-likeness (QED) is 0.0619. The molecule has 0 radical (unpaired) electrons. The Morgan fingerprint density at radius 1 is 0.388 bits per heavy atom. The summed E-state index contributed by atoms with van der Waals surface area (Å²) in [4.78, 5) is 26.5. The largest absolute Gasteiger partial charge is 0.303 e. The number of hydrogen-bond donors (Lipinski definition) is 0. The molecule has 0 N–H and O–H groups in total. The highest BCUT2D eigenvalue weighted by Crippen LogP contribution is 2.97. The minimum absolute atomic E-state index is 0.192. The van der Waals surface area contributed by atoms with E-state index in [0.29, 0.717) is 5.57 Å². The zero-order valence-electron chi connectivity index (χ0n) is 27.3. The number of carbonyl (C=O) groups excluding carboxylic acids is 2. The number of Topliss-reactive ketones (excluding diaryl/α,β-unsaturated/α-hetero) is 2. The van der Waals surface area contributed by atoms with E-state index >= 15 is 0 Å². The lowest BCUT2D eigenvalue weighted by Gasteiger charge is -2.53. The molecule has 0 aliphatic carbocycles. The maximum atomic E-state index is 13.3. The molecule has 1 fully saturated rings. The molecule has 0 amide bonds. The van der Waals surface area contributed by atoms with Gasteiger partial charge in [0.1, 0.15) is 31.8 Å². The fourth-order valence-corrected chi connectivity index (χ4v) is 28.6. The van der Waals surface area contributed by atoms with Crippen LogP contribution < -0.4 is 31.8 Å². The average Bonchev–Trinajstić information content (AvgIpc) is 3.14. The van der Waals surface area contributed by atoms with E-state index in [1.54, 1.807) is 23.5 Å². The molecule has 0 saturated carbocycles. The second kappa shape index (κ2) is 14.1. The molecule has 7 rings (SSSR count). The van der Waals surface area contributed by atoms with Crippen molar-refractivity contribution in [3.05, 3.63) is 192 Å². The Kier molecular flexibility index (Phi) is 9.60. The molecule has 49 heavy (non-hydrogen) atoms. The van der Waals surface area contributed by atoms with E-state index in [2.05, 4.69) is 182 Å². The summed E-state index contributed by atoms with van der Waals surface area (Å²) in [6, 6.07) is 65.9. The van der Waals surface area contributed by atoms with Crippen LogP contribution in [0.15, 0.2) is 192 Å². The van der Waals surface area contributed by atoms with Crippen LogP contribution in [0.3, 0.4) is 0 Å². The molecule has 0 unspecified atom stereocenters. The summed E-state index contributed by atoms with van der Waals surface area (Å²) in [5.74, 6) is -0.385. The van der Waals surface area contributed by atoms with E-state index in [9.17, 15) is 9.59 Å². The van der Waals surface area contributed by atoms with Gasteiger partial charge in [0.25, 0.3) is 0 Å². The lowest BCUT2D eigenvalue weighted by atomic mass is 10.1. The van der Waals surface area contributed by atoms with Crippen molar-refractivity contribution < 1.29 is 9.59 Å². The fourth-order valence-electron chi connectivity index (χ4n) is 7.17. The summed E-state index contributed by atoms with van der Waals surface area (Å²) >= 11 is 3.54. The van der Waals surface area contributed by atoms with Gasteiger partial charge in [-0.25, -0.2) is 0 Å². The zero-order valence-corrected chi connectivity index (χ0v) is 30.8. The van der Waals surface area contributed by atoms with E-state index in [1.807, 2.05) is 0 Å². The van der Waals surface area contributed by atoms with Gasteiger partial charge in [0.2, 0.25) is 0 Å². The first-order chi connectivity index (χ1) is 24.0. The van der Waals surface area contributed by atoms with Crippen LogP contribution in [0.2, 0.25) is 0 Å². The first-order valence-corrected chi connectivity index (χ1v) is 21.4. The van der Waals surface area contributed by atoms with Crippen LogP contribution in [0.25, 0.3) is 0 Å². The van der Waals surface area contributed by atoms with Crippen LogP contribution >= 0.6 is 38.0 Å². The molecule has 240 valence electrons. The third-order valence-corrected chi connectivity index (χ3v) is 25.7. The number of thioether (sulfide) groups is 2. The van der Waals surface area contributed by atoms with Crippen LogP contribution in [0.4, 0.5) is 0 Å². The Bertz CT molecular complexity index is 1760. The van der Waals surface area contributed by atoms with Gasteiger partial charge in [0, 0.05) is 0 Å². The summed E-state index contributed by atoms with van der Waals surface area (Å²) in [5, 5.41) is 7.53. The summed E-state index contributed by atoms with van der Waals surface area (Å²) in [6.45, 7) is 3.04. The predicted octanol–water partition coefficient (Wildman–Crippen LogP) is 8.46. The summed E-state index contributed by atoms with van der Waals surface area (Å²) < 4.78 is 0.193. The number of ketones is 2. The average molecular weight is 711 g/mol. The van der Waals surface area contributed by atoms with Gasteiger partial charge in [-0.3, -0.25) is 9.59 Å². The molecule has 6 heteroatoms. The molecule has 1 aliphatic rings. The van der Waals surface area contributed by atoms with Crippen LogP contribution in [-0.2, 0) is 9.59 Å². The third-order valence-electron chi connectivity index (χ3n) is 9.07. The third kappa shape index (κ3) is 5.38. The molecule has 0 aromatic heterocycles. The van der Waals surface area contributed by atoms with Gasteiger partial charge in [-0.15, -0.1) is 0 Å². The normalized spacial score (nSPS) is 14.0. The topological polar surface area (TPSA) is 34.1 Å². The molecule has 2 nitrogen and oxygen atoms in total. The van der Waals surface area contributed by atoms with E-state index in [1.165, 1.54) is 45.7 Å². The van der Waals surface area contributed by atoms with Crippen molar-refractivity contribution in [3.8, 4) is 0 Å². The van der Waals surface area contributed by atoms with Gasteiger partial charge >= 0.3 is 3.56 Å². The lowest BCUT2D eigenvalue weighted by molar-refractivity contribution is -0.119. The van der Waals surface area contributed by atoms with Crippen LogP contribution in [0.1, 0.15) is 13.8 Å². The summed E-state index contributed by atoms with van der Waals surface area (Å²) in [6.07, 6.45) is 0. The van der Waals surface area contributed by atoms with E-state index in [0.717, 1.165) is 4.24 Å². The maximum Gasteiger partial charge on any atom is 0.303 e. The van der Waals surface area contributed by atoms with Crippen LogP contribution in [0, 0.1) is 0 Å². The van der Waals surface area contributed by atoms with Crippen molar-refractivity contribution in [1.29, 1.82) is 0 Å². The number of benzene rings is 6. The standard InChI is InChI=1S/C43H36O2P2S2/c1-33(44)41(34(2)45)42-48-43(49-42,46(35-21-9-3-10-22-35,36-23-11-4-12-24-36)37-25-13-5-14-26-37)47(38-27-15-6-16-28-38,39-29-17-7-18-30-39)40-31-19-8-20-32-40/h3-32H,1-2H3/q+2. The fraction of sp³-hybridized carbons (Fsp3) is 0.0698. The monoisotopic (exact) mass is 710 g/mol. The Morgan fingerprint density at radius 3 is 0.776 bits per heavy atom. The molecule has 1 heterocycles. The molecule has 1 saturated heterocycles. The highest BCUT2D eigenvalue weighted by molar-refractivity contribution is 8.55. The van der Waals surface area contributed by atoms with Crippen molar-refractivity contribution in [2.45, 2.75) is 17.4 Å². The van der Waals surface area contributed by atoms with Crippen molar-refractivity contribution in [3.63, 3.8) is 0 Å². The van der Waals surface area contributed by atoms with Crippen molar-refractivity contribution in [2.75, 3.05) is 0 Å². The van der Waals surface area contributed by atoms with Gasteiger partial charge in [0.05, 0.1) is 9.81 Å². The van der Waals surface area contributed by atoms with Crippen molar-refractivity contribution >= 4 is 81.4 Å². The Hall–Kier alpha value is -4.04. The molecule has 0 atom stereocenters. The summed E-state index contributed by atoms with van der Waals surface area (Å²) in [7, 11) is -5.45. The first kappa shape index (κ1) is 33.5. The van der Waals surface area contributed by atoms with Gasteiger partial charge in [-0.05, 0) is 110 Å². The predicted molar refractivity (Wildman–Crippen MR) is 217 cm³/mol. The number of carbonyl (C=O) groups is 2. The van der Waals surface area contributed by atoms with E-state index in [-0.39, 0.29) is 11.6 Å². The van der Waals surface area contributed by atoms with Crippen LogP contribution in [-0.4, -0.2) is 15.1 Å². The van der Waals surface area contributed by atoms with Gasteiger partial charge in [-0.1, -0.05) is 109 Å². The Morgan fingerprint density at radius 2 is 0.592 bits per heavy atom. The minimum atomic E-state index is -2.73. The van der Waals surface area contributed by atoms with Gasteiger partial charge in [-0.2, -0.15) is 0 Å². The Labute approximate surface area is 298 Å². The van der Waals surface area contributed by atoms with Crippen LogP contribution in [0.5, 0.6) is 0 Å². The molecular formula is C43H36O2P2S2+2. The molecule has 1 aliphatic heterocycles. The molecule has 6 aromatic rings. The number of rotatable bonds is 10. The Balaban J connectivity index is 1.77. The van der Waals surface area contributed by atoms with Crippen molar-refractivity contribution in [1.82, 2.24) is 0 Å². The smallest absolute Gasteiger partial charge is 0.294 e. The van der Waals surface area contributed by atoms with E-state index < -0.39 is 18.1 Å². The SMILES string of the molecule is CC(=O)C(C(C)=O)=C1SC([P+](c2ccccc2)(c2ccccc2)c2ccccc2)([P+](c2ccccc2)(c2ccccc2)c2ccccc2)S1. The molecule has 0 bridgehead atoms. The van der Waals surface area contributed by atoms with Gasteiger partial charge < -0.3 is 0 Å². The summed E-state index contributed by atoms with van der Waals surface area (Å²) in [5.41, 5.74) is 0.296. The maximum absolute atomic E-state index is 13.3. The number of hydrogen-bond acceptors (Lipinski definition) is 4. The first-order valence-electron chi connectivity index (χ1n) is 16.2.